The Morgan fingerprint density at radius 2 is 2.22 bits per heavy atom. The molecule has 1 aromatic carbocycles. The molecular weight excluding hydrogens is 345 g/mol. The second-order valence-corrected chi connectivity index (χ2v) is 5.85. The molecule has 2 aromatic rings. The number of fused-ring (bicyclic) bond motifs is 1. The maximum atomic E-state index is 11.7. The quantitative estimate of drug-likeness (QED) is 0.608. The molecule has 2 rings (SSSR count). The summed E-state index contributed by atoms with van der Waals surface area (Å²) in [5.74, 6) is 0.185. The lowest BCUT2D eigenvalue weighted by Crippen LogP contribution is -2.18. The van der Waals surface area contributed by atoms with Gasteiger partial charge < -0.3 is 9.15 Å². The highest BCUT2D eigenvalue weighted by molar-refractivity contribution is 14.1. The zero-order valence-electron chi connectivity index (χ0n) is 10.5. The lowest BCUT2D eigenvalue weighted by molar-refractivity contribution is 0.102. The summed E-state index contributed by atoms with van der Waals surface area (Å²) in [4.78, 5) is 11.7. The Kier molecular flexibility index (Phi) is 4.45. The highest BCUT2D eigenvalue weighted by atomic mass is 127. The molecule has 0 spiro atoms. The van der Waals surface area contributed by atoms with Crippen molar-refractivity contribution in [3.05, 3.63) is 32.3 Å². The molecule has 4 nitrogen and oxygen atoms in total. The van der Waals surface area contributed by atoms with Crippen molar-refractivity contribution in [3.63, 3.8) is 0 Å². The van der Waals surface area contributed by atoms with Gasteiger partial charge in [0.15, 0.2) is 5.58 Å². The third-order valence-corrected chi connectivity index (χ3v) is 3.21. The Morgan fingerprint density at radius 1 is 1.44 bits per heavy atom. The van der Waals surface area contributed by atoms with Crippen molar-refractivity contribution < 1.29 is 9.15 Å². The Hall–Kier alpha value is -0.820. The summed E-state index contributed by atoms with van der Waals surface area (Å²) in [7, 11) is 0. The van der Waals surface area contributed by atoms with Crippen LogP contribution < -0.4 is 5.76 Å². The number of ether oxygens (including phenoxy) is 1. The predicted molar refractivity (Wildman–Crippen MR) is 78.8 cm³/mol. The molecule has 0 aliphatic heterocycles. The molecule has 0 unspecified atom stereocenters. The first-order chi connectivity index (χ1) is 8.58. The van der Waals surface area contributed by atoms with Gasteiger partial charge in [0.25, 0.3) is 0 Å². The summed E-state index contributed by atoms with van der Waals surface area (Å²) in [5, 5.41) is 0. The van der Waals surface area contributed by atoms with Gasteiger partial charge >= 0.3 is 5.76 Å². The fourth-order valence-corrected chi connectivity index (χ4v) is 2.19. The van der Waals surface area contributed by atoms with Crippen LogP contribution in [0.15, 0.2) is 27.4 Å². The minimum absolute atomic E-state index is 0.319. The maximum Gasteiger partial charge on any atom is 0.420 e. The molecule has 0 saturated carbocycles. The van der Waals surface area contributed by atoms with E-state index in [1.165, 1.54) is 0 Å². The number of hydrogen-bond donors (Lipinski definition) is 0. The van der Waals surface area contributed by atoms with E-state index < -0.39 is 0 Å². The molecule has 18 heavy (non-hydrogen) atoms. The Balaban J connectivity index is 2.13. The van der Waals surface area contributed by atoms with Crippen molar-refractivity contribution >= 4 is 33.7 Å². The molecule has 1 heterocycles. The van der Waals surface area contributed by atoms with Crippen LogP contribution in [0, 0.1) is 9.49 Å². The van der Waals surface area contributed by atoms with E-state index in [0.29, 0.717) is 31.3 Å². The van der Waals surface area contributed by atoms with Crippen LogP contribution in [0.2, 0.25) is 0 Å². The smallest absolute Gasteiger partial charge is 0.408 e. The van der Waals surface area contributed by atoms with Crippen LogP contribution in [-0.4, -0.2) is 17.8 Å². The molecule has 0 bridgehead atoms. The van der Waals surface area contributed by atoms with Crippen LogP contribution in [0.25, 0.3) is 11.1 Å². The highest BCUT2D eigenvalue weighted by Crippen LogP contribution is 2.16. The number of oxazole rings is 1. The first-order valence-corrected chi connectivity index (χ1v) is 7.02. The summed E-state index contributed by atoms with van der Waals surface area (Å²) >= 11 is 2.19. The number of nitrogens with zero attached hydrogens (tertiary/aromatic N) is 1. The predicted octanol–water partition coefficient (Wildman–Crippen LogP) is 2.87. The van der Waals surface area contributed by atoms with Crippen molar-refractivity contribution in [3.8, 4) is 0 Å². The molecule has 0 amide bonds. The normalized spacial score (nSPS) is 11.6. The van der Waals surface area contributed by atoms with Crippen LogP contribution in [0.4, 0.5) is 0 Å². The van der Waals surface area contributed by atoms with Gasteiger partial charge in [0, 0.05) is 10.2 Å². The summed E-state index contributed by atoms with van der Waals surface area (Å²) in [6.07, 6.45) is 0. The van der Waals surface area contributed by atoms with Gasteiger partial charge in [-0.25, -0.2) is 4.79 Å². The summed E-state index contributed by atoms with van der Waals surface area (Å²) in [6.45, 7) is 5.96. The van der Waals surface area contributed by atoms with Gasteiger partial charge in [0.2, 0.25) is 0 Å². The maximum absolute atomic E-state index is 11.7. The second-order valence-electron chi connectivity index (χ2n) is 4.60. The van der Waals surface area contributed by atoms with E-state index in [4.69, 9.17) is 9.15 Å². The van der Waals surface area contributed by atoms with Gasteiger partial charge in [0.05, 0.1) is 18.7 Å². The lowest BCUT2D eigenvalue weighted by atomic mass is 10.2. The van der Waals surface area contributed by atoms with E-state index in [1.54, 1.807) is 4.57 Å². The van der Waals surface area contributed by atoms with Gasteiger partial charge in [0.1, 0.15) is 0 Å². The van der Waals surface area contributed by atoms with Crippen molar-refractivity contribution in [1.82, 2.24) is 4.57 Å². The van der Waals surface area contributed by atoms with Crippen molar-refractivity contribution in [1.29, 1.82) is 0 Å². The zero-order chi connectivity index (χ0) is 13.1. The molecule has 98 valence electrons. The Labute approximate surface area is 119 Å². The molecule has 0 atom stereocenters. The average molecular weight is 361 g/mol. The lowest BCUT2D eigenvalue weighted by Gasteiger charge is -2.06. The number of benzene rings is 1. The van der Waals surface area contributed by atoms with E-state index in [1.807, 2.05) is 18.2 Å². The SMILES string of the molecule is CC(C)COCCn1c(=O)oc2cc(I)ccc21. The van der Waals surface area contributed by atoms with E-state index in [9.17, 15) is 4.79 Å². The molecule has 0 aliphatic rings. The number of aromatic nitrogens is 1. The second kappa shape index (κ2) is 5.88. The van der Waals surface area contributed by atoms with Crippen molar-refractivity contribution in [2.75, 3.05) is 13.2 Å². The highest BCUT2D eigenvalue weighted by Gasteiger charge is 2.09. The van der Waals surface area contributed by atoms with E-state index in [-0.39, 0.29) is 5.76 Å². The fraction of sp³-hybridized carbons (Fsp3) is 0.462. The Morgan fingerprint density at radius 3 is 2.94 bits per heavy atom. The van der Waals surface area contributed by atoms with Crippen LogP contribution in [0.5, 0.6) is 0 Å². The zero-order valence-corrected chi connectivity index (χ0v) is 12.6. The van der Waals surface area contributed by atoms with Crippen molar-refractivity contribution in [2.24, 2.45) is 5.92 Å². The van der Waals surface area contributed by atoms with Gasteiger partial charge in [-0.3, -0.25) is 4.57 Å². The monoisotopic (exact) mass is 361 g/mol. The van der Waals surface area contributed by atoms with Gasteiger partial charge in [-0.1, -0.05) is 13.8 Å². The van der Waals surface area contributed by atoms with Crippen LogP contribution in [0.1, 0.15) is 13.8 Å². The first kappa shape index (κ1) is 13.6. The van der Waals surface area contributed by atoms with Gasteiger partial charge in [-0.05, 0) is 46.7 Å². The molecule has 0 N–H and O–H groups in total. The minimum Gasteiger partial charge on any atom is -0.408 e. The van der Waals surface area contributed by atoms with Crippen LogP contribution >= 0.6 is 22.6 Å². The molecule has 5 heteroatoms. The van der Waals surface area contributed by atoms with Gasteiger partial charge in [-0.2, -0.15) is 0 Å². The topological polar surface area (TPSA) is 44.4 Å². The summed E-state index contributed by atoms with van der Waals surface area (Å²) in [5.41, 5.74) is 1.46. The third kappa shape index (κ3) is 3.14. The first-order valence-electron chi connectivity index (χ1n) is 5.94. The Bertz CT molecular complexity index is 585. The molecular formula is C13H16INO3. The largest absolute Gasteiger partial charge is 0.420 e. The summed E-state index contributed by atoms with van der Waals surface area (Å²) < 4.78 is 13.4. The van der Waals surface area contributed by atoms with Crippen LogP contribution in [-0.2, 0) is 11.3 Å². The number of rotatable bonds is 5. The van der Waals surface area contributed by atoms with Crippen LogP contribution in [0.3, 0.4) is 0 Å². The third-order valence-electron chi connectivity index (χ3n) is 2.54. The fourth-order valence-electron chi connectivity index (χ4n) is 1.73. The minimum atomic E-state index is -0.319. The molecule has 1 aromatic heterocycles. The molecule has 0 saturated heterocycles. The van der Waals surface area contributed by atoms with E-state index in [0.717, 1.165) is 9.09 Å². The number of halogens is 1. The van der Waals surface area contributed by atoms with Gasteiger partial charge in [-0.15, -0.1) is 0 Å². The average Bonchev–Trinajstić information content (AvgIpc) is 2.59. The summed E-state index contributed by atoms with van der Waals surface area (Å²) in [6, 6.07) is 5.73. The standard InChI is InChI=1S/C13H16INO3/c1-9(2)8-17-6-5-15-11-4-3-10(14)7-12(11)18-13(15)16/h3-4,7,9H,5-6,8H2,1-2H3. The van der Waals surface area contributed by atoms with E-state index in [2.05, 4.69) is 36.4 Å². The van der Waals surface area contributed by atoms with Crippen molar-refractivity contribution in [2.45, 2.75) is 20.4 Å². The van der Waals surface area contributed by atoms with E-state index >= 15 is 0 Å². The number of hydrogen-bond acceptors (Lipinski definition) is 3. The molecule has 0 radical (unpaired) electrons. The molecule has 0 fully saturated rings. The molecule has 0 aliphatic carbocycles.